The normalized spacial score (nSPS) is 11.8. The van der Waals surface area contributed by atoms with E-state index in [1.54, 1.807) is 24.6 Å². The third-order valence-corrected chi connectivity index (χ3v) is 6.46. The molecule has 1 amide bonds. The quantitative estimate of drug-likeness (QED) is 0.398. The van der Waals surface area contributed by atoms with Gasteiger partial charge in [-0.05, 0) is 41.3 Å². The number of hydrogen-bond donors (Lipinski definition) is 1. The zero-order valence-electron chi connectivity index (χ0n) is 16.4. The summed E-state index contributed by atoms with van der Waals surface area (Å²) in [4.78, 5) is 18.3. The number of imidazole rings is 1. The van der Waals surface area contributed by atoms with E-state index in [-0.39, 0.29) is 17.7 Å². The van der Waals surface area contributed by atoms with E-state index in [0.29, 0.717) is 0 Å². The predicted molar refractivity (Wildman–Crippen MR) is 122 cm³/mol. The van der Waals surface area contributed by atoms with E-state index < -0.39 is 0 Å². The second-order valence-corrected chi connectivity index (χ2v) is 8.41. The Labute approximate surface area is 183 Å². The average molecular weight is 436 g/mol. The topological polar surface area (TPSA) is 56.2 Å². The van der Waals surface area contributed by atoms with Crippen molar-refractivity contribution in [3.05, 3.63) is 94.9 Å². The molecule has 0 saturated carbocycles. The van der Waals surface area contributed by atoms with E-state index in [4.69, 9.17) is 4.74 Å². The molecule has 5 nitrogen and oxygen atoms in total. The first-order chi connectivity index (χ1) is 14.7. The fourth-order valence-electron chi connectivity index (χ4n) is 3.09. The first-order valence-electron chi connectivity index (χ1n) is 9.43. The monoisotopic (exact) mass is 435 g/mol. The highest BCUT2D eigenvalue weighted by Gasteiger charge is 2.18. The van der Waals surface area contributed by atoms with Crippen LogP contribution in [0.15, 0.2) is 89.7 Å². The van der Waals surface area contributed by atoms with Crippen molar-refractivity contribution >= 4 is 29.0 Å². The van der Waals surface area contributed by atoms with Gasteiger partial charge in [0.25, 0.3) is 0 Å². The number of thiophene rings is 1. The Bertz CT molecular complexity index is 1080. The molecular weight excluding hydrogens is 414 g/mol. The minimum absolute atomic E-state index is 0.0356. The zero-order valence-corrected chi connectivity index (χ0v) is 18.0. The molecule has 2 aromatic carbocycles. The molecule has 0 fully saturated rings. The molecule has 152 valence electrons. The molecule has 30 heavy (non-hydrogen) atoms. The maximum Gasteiger partial charge on any atom is 0.231 e. The van der Waals surface area contributed by atoms with E-state index in [2.05, 4.69) is 10.3 Å². The summed E-state index contributed by atoms with van der Waals surface area (Å²) in [7, 11) is 1.64. The molecule has 0 radical (unpaired) electrons. The second-order valence-electron chi connectivity index (χ2n) is 6.49. The fraction of sp³-hybridized carbons (Fsp3) is 0.130. The number of carbonyl (C=O) groups is 1. The lowest BCUT2D eigenvalue weighted by atomic mass is 10.1. The minimum Gasteiger partial charge on any atom is -0.497 e. The minimum atomic E-state index is -0.152. The molecule has 0 aliphatic rings. The maximum absolute atomic E-state index is 12.8. The van der Waals surface area contributed by atoms with Gasteiger partial charge in [0.15, 0.2) is 5.16 Å². The van der Waals surface area contributed by atoms with E-state index >= 15 is 0 Å². The summed E-state index contributed by atoms with van der Waals surface area (Å²) in [5, 5.41) is 5.96. The number of rotatable bonds is 8. The fourth-order valence-corrected chi connectivity index (χ4v) is 4.68. The molecule has 0 saturated heterocycles. The molecule has 4 aromatic rings. The first-order valence-corrected chi connectivity index (χ1v) is 11.3. The van der Waals surface area contributed by atoms with Gasteiger partial charge in [0.1, 0.15) is 5.75 Å². The van der Waals surface area contributed by atoms with Crippen molar-refractivity contribution < 1.29 is 9.53 Å². The van der Waals surface area contributed by atoms with Crippen molar-refractivity contribution in [3.63, 3.8) is 0 Å². The number of nitrogens with zero attached hydrogens (tertiary/aromatic N) is 2. The lowest BCUT2D eigenvalue weighted by Gasteiger charge is -2.18. The van der Waals surface area contributed by atoms with Gasteiger partial charge in [-0.1, -0.05) is 48.2 Å². The Hall–Kier alpha value is -3.03. The summed E-state index contributed by atoms with van der Waals surface area (Å²) in [6, 6.07) is 21.7. The first kappa shape index (κ1) is 20.3. The molecular formula is C23H21N3O2S2. The lowest BCUT2D eigenvalue weighted by molar-refractivity contribution is -0.119. The third kappa shape index (κ3) is 4.75. The molecule has 0 unspecified atom stereocenters. The van der Waals surface area contributed by atoms with Crippen molar-refractivity contribution in [1.82, 2.24) is 14.9 Å². The van der Waals surface area contributed by atoms with Crippen LogP contribution in [0, 0.1) is 0 Å². The van der Waals surface area contributed by atoms with Gasteiger partial charge in [0, 0.05) is 23.0 Å². The van der Waals surface area contributed by atoms with Crippen LogP contribution in [0.3, 0.4) is 0 Å². The number of ether oxygens (including phenoxy) is 1. The van der Waals surface area contributed by atoms with Crippen molar-refractivity contribution in [1.29, 1.82) is 0 Å². The van der Waals surface area contributed by atoms with E-state index in [9.17, 15) is 4.79 Å². The van der Waals surface area contributed by atoms with Gasteiger partial charge in [-0.15, -0.1) is 11.3 Å². The molecule has 1 N–H and O–H groups in total. The SMILES string of the molecule is COc1ccc(-n2ccnc2SCC(=O)N[C@@H](c2ccccc2)c2cccs2)cc1. The predicted octanol–water partition coefficient (Wildman–Crippen LogP) is 4.94. The second kappa shape index (κ2) is 9.65. The Morgan fingerprint density at radius 2 is 1.93 bits per heavy atom. The Kier molecular flexibility index (Phi) is 6.51. The van der Waals surface area contributed by atoms with E-state index in [1.807, 2.05) is 82.9 Å². The summed E-state index contributed by atoms with van der Waals surface area (Å²) < 4.78 is 7.18. The molecule has 7 heteroatoms. The molecule has 0 aliphatic carbocycles. The molecule has 2 heterocycles. The smallest absolute Gasteiger partial charge is 0.231 e. The number of hydrogen-bond acceptors (Lipinski definition) is 5. The van der Waals surface area contributed by atoms with Crippen LogP contribution in [-0.4, -0.2) is 28.3 Å². The highest BCUT2D eigenvalue weighted by molar-refractivity contribution is 7.99. The van der Waals surface area contributed by atoms with Crippen LogP contribution in [0.5, 0.6) is 5.75 Å². The van der Waals surface area contributed by atoms with Crippen molar-refractivity contribution in [3.8, 4) is 11.4 Å². The highest BCUT2D eigenvalue weighted by atomic mass is 32.2. The lowest BCUT2D eigenvalue weighted by Crippen LogP contribution is -2.30. The van der Waals surface area contributed by atoms with E-state index in [1.165, 1.54) is 11.8 Å². The summed E-state index contributed by atoms with van der Waals surface area (Å²) in [5.74, 6) is 1.04. The van der Waals surface area contributed by atoms with Crippen LogP contribution >= 0.6 is 23.1 Å². The molecule has 0 bridgehead atoms. The number of nitrogens with one attached hydrogen (secondary N) is 1. The third-order valence-electron chi connectivity index (χ3n) is 4.56. The average Bonchev–Trinajstić information content (AvgIpc) is 3.49. The van der Waals surface area contributed by atoms with Crippen LogP contribution in [-0.2, 0) is 4.79 Å². The standard InChI is InChI=1S/C23H21N3O2S2/c1-28-19-11-9-18(10-12-19)26-14-13-24-23(26)30-16-21(27)25-22(20-8-5-15-29-20)17-6-3-2-4-7-17/h2-15,22H,16H2,1H3,(H,25,27)/t22-/m0/s1. The molecule has 1 atom stereocenters. The van der Waals surface area contributed by atoms with E-state index in [0.717, 1.165) is 27.0 Å². The van der Waals surface area contributed by atoms with Gasteiger partial charge < -0.3 is 10.1 Å². The van der Waals surface area contributed by atoms with Crippen molar-refractivity contribution in [2.45, 2.75) is 11.2 Å². The number of methoxy groups -OCH3 is 1. The number of aromatic nitrogens is 2. The Morgan fingerprint density at radius 1 is 1.13 bits per heavy atom. The molecule has 2 aromatic heterocycles. The van der Waals surface area contributed by atoms with Crippen LogP contribution in [0.4, 0.5) is 0 Å². The largest absolute Gasteiger partial charge is 0.497 e. The van der Waals surface area contributed by atoms with Gasteiger partial charge in [-0.3, -0.25) is 9.36 Å². The highest BCUT2D eigenvalue weighted by Crippen LogP contribution is 2.27. The summed E-state index contributed by atoms with van der Waals surface area (Å²) >= 11 is 3.05. The van der Waals surface area contributed by atoms with Gasteiger partial charge in [0.2, 0.25) is 5.91 Å². The van der Waals surface area contributed by atoms with Crippen LogP contribution < -0.4 is 10.1 Å². The molecule has 4 rings (SSSR count). The number of thioether (sulfide) groups is 1. The maximum atomic E-state index is 12.8. The van der Waals surface area contributed by atoms with Gasteiger partial charge >= 0.3 is 0 Å². The van der Waals surface area contributed by atoms with Crippen molar-refractivity contribution in [2.24, 2.45) is 0 Å². The van der Waals surface area contributed by atoms with Gasteiger partial charge in [-0.2, -0.15) is 0 Å². The summed E-state index contributed by atoms with van der Waals surface area (Å²) in [6.07, 6.45) is 3.63. The summed E-state index contributed by atoms with van der Waals surface area (Å²) in [6.45, 7) is 0. The number of benzene rings is 2. The van der Waals surface area contributed by atoms with Crippen LogP contribution in [0.2, 0.25) is 0 Å². The zero-order chi connectivity index (χ0) is 20.8. The van der Waals surface area contributed by atoms with Gasteiger partial charge in [-0.25, -0.2) is 4.98 Å². The van der Waals surface area contributed by atoms with Crippen LogP contribution in [0.25, 0.3) is 5.69 Å². The van der Waals surface area contributed by atoms with Crippen LogP contribution in [0.1, 0.15) is 16.5 Å². The Morgan fingerprint density at radius 3 is 2.63 bits per heavy atom. The Balaban J connectivity index is 1.44. The van der Waals surface area contributed by atoms with Crippen molar-refractivity contribution in [2.75, 3.05) is 12.9 Å². The molecule has 0 aliphatic heterocycles. The number of amides is 1. The van der Waals surface area contributed by atoms with Gasteiger partial charge in [0.05, 0.1) is 18.9 Å². The number of carbonyl (C=O) groups excluding carboxylic acids is 1. The molecule has 0 spiro atoms. The summed E-state index contributed by atoms with van der Waals surface area (Å²) in [5.41, 5.74) is 2.04.